The van der Waals surface area contributed by atoms with E-state index in [0.29, 0.717) is 39.9 Å². The zero-order valence-corrected chi connectivity index (χ0v) is 23.9. The third-order valence-corrected chi connectivity index (χ3v) is 7.36. The summed E-state index contributed by atoms with van der Waals surface area (Å²) in [5.41, 5.74) is 2.32. The Morgan fingerprint density at radius 2 is 1.77 bits per heavy atom. The number of hydrogen-bond acceptors (Lipinski definition) is 5. The van der Waals surface area contributed by atoms with Gasteiger partial charge in [-0.25, -0.2) is 9.69 Å². The minimum Gasteiger partial charge on any atom is -0.493 e. The van der Waals surface area contributed by atoms with Crippen molar-refractivity contribution in [3.63, 3.8) is 0 Å². The van der Waals surface area contributed by atoms with Crippen molar-refractivity contribution in [2.45, 2.75) is 13.5 Å². The van der Waals surface area contributed by atoms with Crippen LogP contribution in [0.1, 0.15) is 16.7 Å². The summed E-state index contributed by atoms with van der Waals surface area (Å²) >= 11 is 8.23. The zero-order chi connectivity index (χ0) is 27.7. The van der Waals surface area contributed by atoms with Gasteiger partial charge in [-0.05, 0) is 87.3 Å². The summed E-state index contributed by atoms with van der Waals surface area (Å²) < 4.78 is 12.5. The fourth-order valence-corrected chi connectivity index (χ4v) is 5.35. The van der Waals surface area contributed by atoms with E-state index in [1.165, 1.54) is 19.3 Å². The summed E-state index contributed by atoms with van der Waals surface area (Å²) in [4.78, 5) is 39.6. The van der Waals surface area contributed by atoms with E-state index in [9.17, 15) is 14.4 Å². The highest BCUT2D eigenvalue weighted by Gasteiger charge is 2.37. The molecule has 1 saturated heterocycles. The largest absolute Gasteiger partial charge is 0.493 e. The molecule has 0 radical (unpaired) electrons. The van der Waals surface area contributed by atoms with Crippen LogP contribution in [-0.2, 0) is 16.2 Å². The van der Waals surface area contributed by atoms with Crippen molar-refractivity contribution in [3.8, 4) is 11.5 Å². The topological polar surface area (TPSA) is 84.9 Å². The number of nitrogens with one attached hydrogen (secondary N) is 1. The Morgan fingerprint density at radius 3 is 2.56 bits per heavy atom. The van der Waals surface area contributed by atoms with Crippen molar-refractivity contribution in [1.29, 1.82) is 0 Å². The lowest BCUT2D eigenvalue weighted by Gasteiger charge is -2.27. The van der Waals surface area contributed by atoms with Crippen LogP contribution in [0.15, 0.2) is 78.4 Å². The highest BCUT2D eigenvalue weighted by Crippen LogP contribution is 2.36. The second-order valence-electron chi connectivity index (χ2n) is 8.85. The molecule has 1 heterocycles. The Morgan fingerprint density at radius 1 is 1.00 bits per heavy atom. The van der Waals surface area contributed by atoms with E-state index in [0.717, 1.165) is 24.8 Å². The number of fused-ring (bicyclic) bond motifs is 1. The number of halogens is 2. The Labute approximate surface area is 243 Å². The van der Waals surface area contributed by atoms with Crippen LogP contribution in [0.25, 0.3) is 16.8 Å². The van der Waals surface area contributed by atoms with E-state index in [1.54, 1.807) is 31.2 Å². The van der Waals surface area contributed by atoms with E-state index in [1.807, 2.05) is 24.3 Å². The van der Waals surface area contributed by atoms with Crippen molar-refractivity contribution >= 4 is 74.6 Å². The highest BCUT2D eigenvalue weighted by molar-refractivity contribution is 14.1. The normalized spacial score (nSPS) is 14.6. The van der Waals surface area contributed by atoms with Gasteiger partial charge in [-0.2, -0.15) is 0 Å². The summed E-state index contributed by atoms with van der Waals surface area (Å²) in [6, 6.07) is 21.6. The predicted octanol–water partition coefficient (Wildman–Crippen LogP) is 6.66. The molecule has 4 amide bonds. The minimum atomic E-state index is -0.836. The molecule has 4 aromatic carbocycles. The molecule has 0 bridgehead atoms. The van der Waals surface area contributed by atoms with Gasteiger partial charge in [-0.1, -0.05) is 60.1 Å². The van der Waals surface area contributed by atoms with Crippen LogP contribution in [0.2, 0.25) is 5.02 Å². The first-order chi connectivity index (χ1) is 18.8. The second kappa shape index (κ2) is 11.1. The first-order valence-corrected chi connectivity index (χ1v) is 13.4. The average Bonchev–Trinajstić information content (AvgIpc) is 2.92. The zero-order valence-electron chi connectivity index (χ0n) is 21.0. The van der Waals surface area contributed by atoms with Gasteiger partial charge in [0.2, 0.25) is 0 Å². The number of carbonyl (C=O) groups excluding carboxylic acids is 3. The molecule has 4 aromatic rings. The molecule has 1 aliphatic rings. The lowest BCUT2D eigenvalue weighted by Crippen LogP contribution is -2.54. The molecule has 1 N–H and O–H groups in total. The molecular weight excluding hydrogens is 631 g/mol. The van der Waals surface area contributed by atoms with Gasteiger partial charge in [0.1, 0.15) is 12.2 Å². The molecule has 1 aliphatic heterocycles. The van der Waals surface area contributed by atoms with E-state index in [-0.39, 0.29) is 5.57 Å². The average molecular weight is 653 g/mol. The van der Waals surface area contributed by atoms with Crippen molar-refractivity contribution in [1.82, 2.24) is 5.32 Å². The number of barbiturate groups is 1. The van der Waals surface area contributed by atoms with Gasteiger partial charge in [-0.15, -0.1) is 0 Å². The number of hydrogen-bond donors (Lipinski definition) is 1. The van der Waals surface area contributed by atoms with Crippen LogP contribution < -0.4 is 19.7 Å². The molecule has 0 aliphatic carbocycles. The number of imide groups is 2. The first kappa shape index (κ1) is 26.7. The van der Waals surface area contributed by atoms with E-state index >= 15 is 0 Å². The van der Waals surface area contributed by atoms with Gasteiger partial charge < -0.3 is 9.47 Å². The minimum absolute atomic E-state index is 0.198. The number of rotatable bonds is 6. The third-order valence-electron chi connectivity index (χ3n) is 6.33. The number of amides is 4. The fraction of sp³-hybridized carbons (Fsp3) is 0.100. The lowest BCUT2D eigenvalue weighted by molar-refractivity contribution is -0.122. The standard InChI is InChI=1S/C30H22ClIN2O5/c1-17-10-11-21(31)15-25(17)34-29(36)23(28(35)33-30(34)37)12-18-13-24(32)27(26(14-18)38-2)39-16-20-8-5-7-19-6-3-4-9-22(19)20/h3-15H,16H2,1-2H3,(H,33,35,37)/b23-12+. The predicted molar refractivity (Wildman–Crippen MR) is 159 cm³/mol. The number of methoxy groups -OCH3 is 1. The molecule has 0 aromatic heterocycles. The molecule has 1 fully saturated rings. The smallest absolute Gasteiger partial charge is 0.335 e. The fourth-order valence-electron chi connectivity index (χ4n) is 4.40. The van der Waals surface area contributed by atoms with Crippen molar-refractivity contribution in [2.75, 3.05) is 12.0 Å². The quantitative estimate of drug-likeness (QED) is 0.143. The first-order valence-electron chi connectivity index (χ1n) is 11.9. The van der Waals surface area contributed by atoms with Crippen LogP contribution in [0, 0.1) is 10.5 Å². The van der Waals surface area contributed by atoms with Gasteiger partial charge in [0.05, 0.1) is 16.4 Å². The maximum Gasteiger partial charge on any atom is 0.335 e. The van der Waals surface area contributed by atoms with Crippen LogP contribution in [-0.4, -0.2) is 25.0 Å². The van der Waals surface area contributed by atoms with Gasteiger partial charge >= 0.3 is 6.03 Å². The number of nitrogens with zero attached hydrogens (tertiary/aromatic N) is 1. The third kappa shape index (κ3) is 5.35. The number of aryl methyl sites for hydroxylation is 1. The summed E-state index contributed by atoms with van der Waals surface area (Å²) in [6.45, 7) is 2.07. The maximum absolute atomic E-state index is 13.4. The van der Waals surface area contributed by atoms with Crippen LogP contribution in [0.4, 0.5) is 10.5 Å². The highest BCUT2D eigenvalue weighted by atomic mass is 127. The Kier molecular flexibility index (Phi) is 7.58. The summed E-state index contributed by atoms with van der Waals surface area (Å²) in [6.07, 6.45) is 1.43. The Hall–Kier alpha value is -3.89. The molecule has 0 saturated carbocycles. The number of anilines is 1. The van der Waals surface area contributed by atoms with Crippen molar-refractivity contribution in [3.05, 3.63) is 104 Å². The maximum atomic E-state index is 13.4. The Balaban J connectivity index is 1.46. The second-order valence-corrected chi connectivity index (χ2v) is 10.4. The van der Waals surface area contributed by atoms with Gasteiger partial charge in [-0.3, -0.25) is 14.9 Å². The van der Waals surface area contributed by atoms with Gasteiger partial charge in [0.25, 0.3) is 11.8 Å². The molecule has 5 rings (SSSR count). The van der Waals surface area contributed by atoms with Crippen LogP contribution in [0.3, 0.4) is 0 Å². The SMILES string of the molecule is COc1cc(/C=C2\C(=O)NC(=O)N(c3cc(Cl)ccc3C)C2=O)cc(I)c1OCc1cccc2ccccc12. The molecule has 0 spiro atoms. The molecular formula is C30H22ClIN2O5. The molecule has 196 valence electrons. The number of carbonyl (C=O) groups is 3. The molecule has 9 heteroatoms. The summed E-state index contributed by atoms with van der Waals surface area (Å²) in [5.74, 6) is -0.555. The van der Waals surface area contributed by atoms with Crippen LogP contribution >= 0.6 is 34.2 Å². The number of ether oxygens (including phenoxy) is 2. The van der Waals surface area contributed by atoms with Gasteiger partial charge in [0, 0.05) is 5.02 Å². The number of benzene rings is 4. The number of urea groups is 1. The Bertz CT molecular complexity index is 1680. The molecule has 0 atom stereocenters. The van der Waals surface area contributed by atoms with E-state index < -0.39 is 17.8 Å². The molecule has 39 heavy (non-hydrogen) atoms. The van der Waals surface area contributed by atoms with Crippen molar-refractivity contribution in [2.24, 2.45) is 0 Å². The summed E-state index contributed by atoms with van der Waals surface area (Å²) in [5, 5.41) is 4.83. The lowest BCUT2D eigenvalue weighted by atomic mass is 10.0. The van der Waals surface area contributed by atoms with E-state index in [2.05, 4.69) is 46.1 Å². The van der Waals surface area contributed by atoms with Crippen LogP contribution in [0.5, 0.6) is 11.5 Å². The molecule has 0 unspecified atom stereocenters. The summed E-state index contributed by atoms with van der Waals surface area (Å²) in [7, 11) is 1.52. The van der Waals surface area contributed by atoms with Crippen molar-refractivity contribution < 1.29 is 23.9 Å². The van der Waals surface area contributed by atoms with Gasteiger partial charge in [0.15, 0.2) is 11.5 Å². The van der Waals surface area contributed by atoms with E-state index in [4.69, 9.17) is 21.1 Å². The molecule has 7 nitrogen and oxygen atoms in total. The monoisotopic (exact) mass is 652 g/mol.